The Morgan fingerprint density at radius 2 is 1.77 bits per heavy atom. The van der Waals surface area contributed by atoms with Gasteiger partial charge in [0.1, 0.15) is 0 Å². The first kappa shape index (κ1) is 9.53. The summed E-state index contributed by atoms with van der Waals surface area (Å²) in [6.45, 7) is 9.66. The van der Waals surface area contributed by atoms with Crippen molar-refractivity contribution in [2.24, 2.45) is 0 Å². The van der Waals surface area contributed by atoms with Crippen LogP contribution < -0.4 is 0 Å². The largest absolute Gasteiger partial charge is 0.0955 e. The number of benzene rings is 1. The molecule has 0 saturated carbocycles. The summed E-state index contributed by atoms with van der Waals surface area (Å²) in [6.07, 6.45) is 4.02. The Balaban J connectivity index is 2.70. The molecule has 0 aliphatic carbocycles. The summed E-state index contributed by atoms with van der Waals surface area (Å²) in [7, 11) is 0. The van der Waals surface area contributed by atoms with E-state index in [-0.39, 0.29) is 0 Å². The molecule has 0 atom stereocenters. The SMILES string of the molecule is C=C(C)C(=C)C=Cc1ccccc1. The van der Waals surface area contributed by atoms with Crippen molar-refractivity contribution in [1.82, 2.24) is 0 Å². The van der Waals surface area contributed by atoms with Crippen LogP contribution in [0.3, 0.4) is 0 Å². The summed E-state index contributed by atoms with van der Waals surface area (Å²) < 4.78 is 0. The predicted molar refractivity (Wildman–Crippen MR) is 59.4 cm³/mol. The van der Waals surface area contributed by atoms with Crippen LogP contribution in [0.15, 0.2) is 60.7 Å². The van der Waals surface area contributed by atoms with Crippen molar-refractivity contribution in [3.63, 3.8) is 0 Å². The second-order valence-corrected chi connectivity index (χ2v) is 3.05. The number of hydrogen-bond acceptors (Lipinski definition) is 0. The van der Waals surface area contributed by atoms with Crippen molar-refractivity contribution in [3.05, 3.63) is 66.3 Å². The van der Waals surface area contributed by atoms with Gasteiger partial charge in [-0.05, 0) is 18.1 Å². The van der Waals surface area contributed by atoms with E-state index in [1.54, 1.807) is 0 Å². The Bertz CT molecular complexity index is 328. The molecule has 0 radical (unpaired) electrons. The average molecular weight is 170 g/mol. The highest BCUT2D eigenvalue weighted by atomic mass is 13.9. The van der Waals surface area contributed by atoms with Crippen LogP contribution in [0.1, 0.15) is 12.5 Å². The second kappa shape index (κ2) is 4.46. The molecule has 0 nitrogen and oxygen atoms in total. The van der Waals surface area contributed by atoms with Gasteiger partial charge in [0.25, 0.3) is 0 Å². The topological polar surface area (TPSA) is 0 Å². The van der Waals surface area contributed by atoms with Crippen LogP contribution in [0.4, 0.5) is 0 Å². The smallest absolute Gasteiger partial charge is 0.0256 e. The fraction of sp³-hybridized carbons (Fsp3) is 0.0769. The minimum Gasteiger partial charge on any atom is -0.0955 e. The molecular weight excluding hydrogens is 156 g/mol. The van der Waals surface area contributed by atoms with Crippen LogP contribution in [0.25, 0.3) is 6.08 Å². The van der Waals surface area contributed by atoms with Crippen molar-refractivity contribution in [2.75, 3.05) is 0 Å². The Morgan fingerprint density at radius 1 is 1.15 bits per heavy atom. The zero-order valence-corrected chi connectivity index (χ0v) is 7.96. The van der Waals surface area contributed by atoms with E-state index in [2.05, 4.69) is 25.3 Å². The second-order valence-electron chi connectivity index (χ2n) is 3.05. The molecule has 0 unspecified atom stereocenters. The zero-order chi connectivity index (χ0) is 9.68. The number of allylic oxidation sites excluding steroid dienone is 3. The Labute approximate surface area is 79.9 Å². The zero-order valence-electron chi connectivity index (χ0n) is 7.96. The maximum atomic E-state index is 3.88. The van der Waals surface area contributed by atoms with Crippen LogP contribution in [-0.4, -0.2) is 0 Å². The molecule has 0 aliphatic rings. The maximum absolute atomic E-state index is 3.88. The first-order chi connectivity index (χ1) is 6.20. The van der Waals surface area contributed by atoms with Gasteiger partial charge >= 0.3 is 0 Å². The van der Waals surface area contributed by atoms with Gasteiger partial charge in [-0.3, -0.25) is 0 Å². The average Bonchev–Trinajstić information content (AvgIpc) is 2.15. The lowest BCUT2D eigenvalue weighted by Gasteiger charge is -1.96. The van der Waals surface area contributed by atoms with Crippen molar-refractivity contribution in [2.45, 2.75) is 6.92 Å². The molecular formula is C13H14. The van der Waals surface area contributed by atoms with Gasteiger partial charge in [-0.2, -0.15) is 0 Å². The molecule has 0 aliphatic heterocycles. The predicted octanol–water partition coefficient (Wildman–Crippen LogP) is 3.83. The lowest BCUT2D eigenvalue weighted by Crippen LogP contribution is -1.75. The van der Waals surface area contributed by atoms with E-state index < -0.39 is 0 Å². The monoisotopic (exact) mass is 170 g/mol. The lowest BCUT2D eigenvalue weighted by atomic mass is 10.1. The molecule has 1 aromatic carbocycles. The van der Waals surface area contributed by atoms with Gasteiger partial charge in [-0.1, -0.05) is 61.2 Å². The normalized spacial score (nSPS) is 10.2. The molecule has 1 aromatic rings. The molecule has 0 N–H and O–H groups in total. The molecule has 0 bridgehead atoms. The third kappa shape index (κ3) is 3.12. The van der Waals surface area contributed by atoms with Crippen molar-refractivity contribution in [1.29, 1.82) is 0 Å². The van der Waals surface area contributed by atoms with Gasteiger partial charge in [0, 0.05) is 0 Å². The van der Waals surface area contributed by atoms with E-state index in [0.717, 1.165) is 11.1 Å². The number of rotatable bonds is 3. The fourth-order valence-electron chi connectivity index (χ4n) is 0.903. The van der Waals surface area contributed by atoms with Gasteiger partial charge < -0.3 is 0 Å². The van der Waals surface area contributed by atoms with Gasteiger partial charge in [0.05, 0.1) is 0 Å². The quantitative estimate of drug-likeness (QED) is 0.605. The third-order valence-corrected chi connectivity index (χ3v) is 1.82. The summed E-state index contributed by atoms with van der Waals surface area (Å²) >= 11 is 0. The standard InChI is InChI=1S/C13H14/c1-11(2)12(3)9-10-13-7-5-4-6-8-13/h4-10H,1,3H2,2H3. The molecule has 0 spiro atoms. The highest BCUT2D eigenvalue weighted by Gasteiger charge is 1.87. The van der Waals surface area contributed by atoms with Crippen LogP contribution in [0.2, 0.25) is 0 Å². The summed E-state index contributed by atoms with van der Waals surface area (Å²) in [5, 5.41) is 0. The van der Waals surface area contributed by atoms with Crippen molar-refractivity contribution in [3.8, 4) is 0 Å². The van der Waals surface area contributed by atoms with E-state index >= 15 is 0 Å². The summed E-state index contributed by atoms with van der Waals surface area (Å²) in [5.41, 5.74) is 3.17. The minimum absolute atomic E-state index is 0.976. The molecule has 0 fully saturated rings. The van der Waals surface area contributed by atoms with Gasteiger partial charge in [-0.25, -0.2) is 0 Å². The van der Waals surface area contributed by atoms with E-state index in [1.807, 2.05) is 37.3 Å². The van der Waals surface area contributed by atoms with Gasteiger partial charge in [0.15, 0.2) is 0 Å². The summed E-state index contributed by atoms with van der Waals surface area (Å²) in [6, 6.07) is 10.2. The van der Waals surface area contributed by atoms with Crippen LogP contribution in [0.5, 0.6) is 0 Å². The van der Waals surface area contributed by atoms with Gasteiger partial charge in [0.2, 0.25) is 0 Å². The Morgan fingerprint density at radius 3 is 2.31 bits per heavy atom. The molecule has 66 valence electrons. The Kier molecular flexibility index (Phi) is 3.27. The van der Waals surface area contributed by atoms with E-state index in [4.69, 9.17) is 0 Å². The van der Waals surface area contributed by atoms with Crippen LogP contribution in [0, 0.1) is 0 Å². The fourth-order valence-corrected chi connectivity index (χ4v) is 0.903. The highest BCUT2D eigenvalue weighted by molar-refractivity contribution is 5.55. The highest BCUT2D eigenvalue weighted by Crippen LogP contribution is 2.08. The van der Waals surface area contributed by atoms with Crippen molar-refractivity contribution >= 4 is 6.08 Å². The molecule has 1 rings (SSSR count). The third-order valence-electron chi connectivity index (χ3n) is 1.82. The first-order valence-electron chi connectivity index (χ1n) is 4.28. The van der Waals surface area contributed by atoms with Gasteiger partial charge in [-0.15, -0.1) is 0 Å². The molecule has 0 saturated heterocycles. The van der Waals surface area contributed by atoms with E-state index in [9.17, 15) is 0 Å². The Hall–Kier alpha value is -1.56. The minimum atomic E-state index is 0.976. The van der Waals surface area contributed by atoms with E-state index in [1.165, 1.54) is 5.56 Å². The molecule has 0 heteroatoms. The molecule has 13 heavy (non-hydrogen) atoms. The van der Waals surface area contributed by atoms with Crippen LogP contribution in [-0.2, 0) is 0 Å². The lowest BCUT2D eigenvalue weighted by molar-refractivity contribution is 1.48. The van der Waals surface area contributed by atoms with Crippen LogP contribution >= 0.6 is 0 Å². The maximum Gasteiger partial charge on any atom is -0.0256 e. The molecule has 0 amide bonds. The summed E-state index contributed by atoms with van der Waals surface area (Å²) in [4.78, 5) is 0. The first-order valence-corrected chi connectivity index (χ1v) is 4.28. The molecule has 0 aromatic heterocycles. The summed E-state index contributed by atoms with van der Waals surface area (Å²) in [5.74, 6) is 0. The molecule has 0 heterocycles. The number of hydrogen-bond donors (Lipinski definition) is 0. The van der Waals surface area contributed by atoms with Crippen molar-refractivity contribution < 1.29 is 0 Å². The van der Waals surface area contributed by atoms with E-state index in [0.29, 0.717) is 0 Å².